The predicted molar refractivity (Wildman–Crippen MR) is 84.9 cm³/mol. The Hall–Kier alpha value is -1.85. The molecule has 0 bridgehead atoms. The highest BCUT2D eigenvalue weighted by molar-refractivity contribution is 9.10. The van der Waals surface area contributed by atoms with Gasteiger partial charge in [0.1, 0.15) is 0 Å². The number of rotatable bonds is 2. The van der Waals surface area contributed by atoms with Crippen molar-refractivity contribution in [3.63, 3.8) is 0 Å². The minimum atomic E-state index is -0.598. The predicted octanol–water partition coefficient (Wildman–Crippen LogP) is 2.42. The largest absolute Gasteiger partial charge is 0.398 e. The van der Waals surface area contributed by atoms with Crippen LogP contribution in [-0.2, 0) is 6.42 Å². The van der Waals surface area contributed by atoms with Crippen LogP contribution < -0.4 is 11.1 Å². The lowest BCUT2D eigenvalue weighted by molar-refractivity contribution is 0.0858. The Bertz CT molecular complexity index is 702. The van der Waals surface area contributed by atoms with Crippen molar-refractivity contribution in [3.05, 3.63) is 63.6 Å². The van der Waals surface area contributed by atoms with Gasteiger partial charge in [-0.3, -0.25) is 4.79 Å². The summed E-state index contributed by atoms with van der Waals surface area (Å²) in [5.41, 5.74) is 8.83. The molecule has 1 aliphatic carbocycles. The maximum absolute atomic E-state index is 12.3. The molecule has 21 heavy (non-hydrogen) atoms. The number of anilines is 1. The van der Waals surface area contributed by atoms with Gasteiger partial charge in [-0.05, 0) is 45.3 Å². The molecule has 0 spiro atoms. The van der Waals surface area contributed by atoms with Crippen LogP contribution >= 0.6 is 15.9 Å². The van der Waals surface area contributed by atoms with Gasteiger partial charge in [0.15, 0.2) is 0 Å². The van der Waals surface area contributed by atoms with E-state index in [4.69, 9.17) is 5.73 Å². The standard InChI is InChI=1S/C16H15BrN2O2/c17-12-6-5-10(7-13(12)18)16(21)19-15-11-4-2-1-3-9(11)8-14(15)20/h1-7,14-15,20H,8,18H2,(H,19,21)/t14-,15+/m0/s1. The van der Waals surface area contributed by atoms with Crippen LogP contribution in [0.15, 0.2) is 46.9 Å². The van der Waals surface area contributed by atoms with Crippen molar-refractivity contribution in [2.45, 2.75) is 18.6 Å². The Morgan fingerprint density at radius 1 is 1.29 bits per heavy atom. The number of aliphatic hydroxyl groups is 1. The summed E-state index contributed by atoms with van der Waals surface area (Å²) < 4.78 is 0.755. The van der Waals surface area contributed by atoms with Gasteiger partial charge in [-0.1, -0.05) is 24.3 Å². The van der Waals surface area contributed by atoms with Gasteiger partial charge in [-0.25, -0.2) is 0 Å². The summed E-state index contributed by atoms with van der Waals surface area (Å²) in [6, 6.07) is 12.4. The van der Waals surface area contributed by atoms with Crippen molar-refractivity contribution in [2.24, 2.45) is 0 Å². The fourth-order valence-corrected chi connectivity index (χ4v) is 2.90. The Morgan fingerprint density at radius 2 is 2.05 bits per heavy atom. The van der Waals surface area contributed by atoms with Crippen LogP contribution in [0.3, 0.4) is 0 Å². The summed E-state index contributed by atoms with van der Waals surface area (Å²) in [6.45, 7) is 0. The number of hydrogen-bond donors (Lipinski definition) is 3. The van der Waals surface area contributed by atoms with Crippen LogP contribution in [0.1, 0.15) is 27.5 Å². The van der Waals surface area contributed by atoms with E-state index in [1.807, 2.05) is 24.3 Å². The third-order valence-corrected chi connectivity index (χ3v) is 4.47. The summed E-state index contributed by atoms with van der Waals surface area (Å²) in [5.74, 6) is -0.241. The zero-order valence-corrected chi connectivity index (χ0v) is 12.8. The molecule has 4 N–H and O–H groups in total. The molecule has 0 aromatic heterocycles. The number of amides is 1. The van der Waals surface area contributed by atoms with E-state index in [0.29, 0.717) is 17.7 Å². The van der Waals surface area contributed by atoms with Crippen molar-refractivity contribution >= 4 is 27.5 Å². The van der Waals surface area contributed by atoms with Crippen molar-refractivity contribution < 1.29 is 9.90 Å². The second-order valence-electron chi connectivity index (χ2n) is 5.16. The number of halogens is 1. The van der Waals surface area contributed by atoms with E-state index in [1.54, 1.807) is 18.2 Å². The number of nitrogen functional groups attached to an aromatic ring is 1. The molecule has 0 saturated carbocycles. The number of carbonyl (C=O) groups excluding carboxylic acids is 1. The van der Waals surface area contributed by atoms with Gasteiger partial charge in [-0.2, -0.15) is 0 Å². The van der Waals surface area contributed by atoms with Crippen molar-refractivity contribution in [3.8, 4) is 0 Å². The quantitative estimate of drug-likeness (QED) is 0.731. The van der Waals surface area contributed by atoms with Gasteiger partial charge < -0.3 is 16.2 Å². The van der Waals surface area contributed by atoms with E-state index >= 15 is 0 Å². The number of aliphatic hydroxyl groups excluding tert-OH is 1. The van der Waals surface area contributed by atoms with E-state index in [0.717, 1.165) is 15.6 Å². The van der Waals surface area contributed by atoms with E-state index in [9.17, 15) is 9.90 Å². The number of fused-ring (bicyclic) bond motifs is 1. The van der Waals surface area contributed by atoms with Crippen LogP contribution in [0.5, 0.6) is 0 Å². The number of benzene rings is 2. The minimum Gasteiger partial charge on any atom is -0.398 e. The lowest BCUT2D eigenvalue weighted by Gasteiger charge is -2.18. The zero-order valence-electron chi connectivity index (χ0n) is 11.2. The molecule has 3 rings (SSSR count). The molecule has 2 aromatic carbocycles. The molecule has 1 aliphatic rings. The SMILES string of the molecule is Nc1cc(C(=O)N[C@@H]2c3ccccc3C[C@@H]2O)ccc1Br. The van der Waals surface area contributed by atoms with Crippen LogP contribution in [0.4, 0.5) is 5.69 Å². The lowest BCUT2D eigenvalue weighted by atomic mass is 10.1. The molecule has 0 saturated heterocycles. The number of nitrogens with two attached hydrogens (primary N) is 1. The fraction of sp³-hybridized carbons (Fsp3) is 0.188. The van der Waals surface area contributed by atoms with Gasteiger partial charge in [0.25, 0.3) is 5.91 Å². The summed E-state index contributed by atoms with van der Waals surface area (Å²) in [4.78, 5) is 12.3. The maximum Gasteiger partial charge on any atom is 0.251 e. The average Bonchev–Trinajstić information content (AvgIpc) is 2.78. The summed E-state index contributed by atoms with van der Waals surface area (Å²) >= 11 is 3.30. The molecule has 0 aliphatic heterocycles. The molecule has 2 aromatic rings. The molecule has 108 valence electrons. The van der Waals surface area contributed by atoms with Crippen molar-refractivity contribution in [1.82, 2.24) is 5.32 Å². The third-order valence-electron chi connectivity index (χ3n) is 3.75. The molecular weight excluding hydrogens is 332 g/mol. The molecule has 5 heteroatoms. The summed E-state index contributed by atoms with van der Waals surface area (Å²) in [7, 11) is 0. The van der Waals surface area contributed by atoms with E-state index in [1.165, 1.54) is 0 Å². The second-order valence-corrected chi connectivity index (χ2v) is 6.01. The Kier molecular flexibility index (Phi) is 3.69. The monoisotopic (exact) mass is 346 g/mol. The van der Waals surface area contributed by atoms with Gasteiger partial charge in [0.2, 0.25) is 0 Å². The smallest absolute Gasteiger partial charge is 0.251 e. The van der Waals surface area contributed by atoms with Gasteiger partial charge in [-0.15, -0.1) is 0 Å². The highest BCUT2D eigenvalue weighted by Gasteiger charge is 2.32. The van der Waals surface area contributed by atoms with E-state index < -0.39 is 6.10 Å². The maximum atomic E-state index is 12.3. The first-order valence-electron chi connectivity index (χ1n) is 6.68. The molecule has 0 fully saturated rings. The Labute approximate surface area is 131 Å². The molecule has 4 nitrogen and oxygen atoms in total. The fourth-order valence-electron chi connectivity index (χ4n) is 2.66. The van der Waals surface area contributed by atoms with Crippen molar-refractivity contribution in [2.75, 3.05) is 5.73 Å². The van der Waals surface area contributed by atoms with Crippen LogP contribution in [0.25, 0.3) is 0 Å². The van der Waals surface area contributed by atoms with Crippen LogP contribution in [0, 0.1) is 0 Å². The van der Waals surface area contributed by atoms with Gasteiger partial charge in [0.05, 0.1) is 12.1 Å². The molecule has 2 atom stereocenters. The first kappa shape index (κ1) is 14.1. The summed E-state index contributed by atoms with van der Waals surface area (Å²) in [6.07, 6.45) is -0.0389. The molecule has 0 radical (unpaired) electrons. The lowest BCUT2D eigenvalue weighted by Crippen LogP contribution is -2.33. The summed E-state index contributed by atoms with van der Waals surface area (Å²) in [5, 5.41) is 13.0. The second kappa shape index (κ2) is 5.50. The minimum absolute atomic E-state index is 0.241. The molecule has 1 amide bonds. The Balaban J connectivity index is 1.83. The van der Waals surface area contributed by atoms with E-state index in [-0.39, 0.29) is 11.9 Å². The van der Waals surface area contributed by atoms with Crippen LogP contribution in [0.2, 0.25) is 0 Å². The third kappa shape index (κ3) is 2.66. The highest BCUT2D eigenvalue weighted by atomic mass is 79.9. The number of hydrogen-bond acceptors (Lipinski definition) is 3. The highest BCUT2D eigenvalue weighted by Crippen LogP contribution is 2.31. The molecule has 0 heterocycles. The molecular formula is C16H15BrN2O2. The topological polar surface area (TPSA) is 75.4 Å². The number of nitrogens with one attached hydrogen (secondary N) is 1. The first-order chi connectivity index (χ1) is 10.1. The Morgan fingerprint density at radius 3 is 2.81 bits per heavy atom. The van der Waals surface area contributed by atoms with Crippen molar-refractivity contribution in [1.29, 1.82) is 0 Å². The normalized spacial score (nSPS) is 20.1. The van der Waals surface area contributed by atoms with Crippen LogP contribution in [-0.4, -0.2) is 17.1 Å². The first-order valence-corrected chi connectivity index (χ1v) is 7.47. The average molecular weight is 347 g/mol. The number of carbonyl (C=O) groups is 1. The zero-order chi connectivity index (χ0) is 15.0. The molecule has 0 unspecified atom stereocenters. The van der Waals surface area contributed by atoms with Gasteiger partial charge >= 0.3 is 0 Å². The van der Waals surface area contributed by atoms with Gasteiger partial charge in [0, 0.05) is 22.1 Å². The van der Waals surface area contributed by atoms with E-state index in [2.05, 4.69) is 21.2 Å².